The molecule has 0 aliphatic heterocycles. The van der Waals surface area contributed by atoms with Crippen LogP contribution in [0.4, 0.5) is 0 Å². The van der Waals surface area contributed by atoms with E-state index in [1.54, 1.807) is 0 Å². The van der Waals surface area contributed by atoms with Gasteiger partial charge in [-0.05, 0) is 59.0 Å². The van der Waals surface area contributed by atoms with E-state index in [1.807, 2.05) is 0 Å². The van der Waals surface area contributed by atoms with E-state index in [4.69, 9.17) is 17.4 Å². The number of hydrazine groups is 1. The van der Waals surface area contributed by atoms with E-state index in [0.29, 0.717) is 5.92 Å². The Balaban J connectivity index is 2.17. The minimum absolute atomic E-state index is 0.234. The van der Waals surface area contributed by atoms with Crippen LogP contribution in [0.15, 0.2) is 18.2 Å². The lowest BCUT2D eigenvalue weighted by molar-refractivity contribution is 0.329. The molecule has 1 aliphatic rings. The van der Waals surface area contributed by atoms with Crippen molar-refractivity contribution in [1.82, 2.24) is 5.43 Å². The molecule has 1 unspecified atom stereocenters. The largest absolute Gasteiger partial charge is 0.271 e. The van der Waals surface area contributed by atoms with E-state index >= 15 is 0 Å². The van der Waals surface area contributed by atoms with Gasteiger partial charge in [0.2, 0.25) is 0 Å². The molecule has 0 spiro atoms. The highest BCUT2D eigenvalue weighted by Gasteiger charge is 2.23. The van der Waals surface area contributed by atoms with Crippen LogP contribution in [0.3, 0.4) is 0 Å². The van der Waals surface area contributed by atoms with Crippen LogP contribution in [0.2, 0.25) is 5.02 Å². The van der Waals surface area contributed by atoms with Gasteiger partial charge in [-0.1, -0.05) is 43.4 Å². The molecule has 100 valence electrons. The Bertz CT molecular complexity index is 389. The van der Waals surface area contributed by atoms with Crippen LogP contribution >= 0.6 is 34.2 Å². The van der Waals surface area contributed by atoms with E-state index in [9.17, 15) is 0 Å². The second-order valence-electron chi connectivity index (χ2n) is 5.07. The maximum atomic E-state index is 6.21. The first-order chi connectivity index (χ1) is 8.72. The molecular formula is C14H20ClIN2. The van der Waals surface area contributed by atoms with Crippen LogP contribution in [0, 0.1) is 9.49 Å². The molecule has 1 fully saturated rings. The van der Waals surface area contributed by atoms with Crippen LogP contribution in [-0.4, -0.2) is 0 Å². The van der Waals surface area contributed by atoms with Crippen molar-refractivity contribution >= 4 is 34.2 Å². The fourth-order valence-electron chi connectivity index (χ4n) is 2.85. The minimum Gasteiger partial charge on any atom is -0.271 e. The maximum Gasteiger partial charge on any atom is 0.0542 e. The third-order valence-electron chi connectivity index (χ3n) is 3.85. The molecule has 0 radical (unpaired) electrons. The van der Waals surface area contributed by atoms with Gasteiger partial charge in [0, 0.05) is 9.61 Å². The van der Waals surface area contributed by atoms with Gasteiger partial charge in [0.1, 0.15) is 0 Å². The van der Waals surface area contributed by atoms with Gasteiger partial charge in [-0.3, -0.25) is 11.3 Å². The fraction of sp³-hybridized carbons (Fsp3) is 0.571. The van der Waals surface area contributed by atoms with E-state index in [2.05, 4.69) is 46.2 Å². The minimum atomic E-state index is 0.234. The molecule has 0 heterocycles. The zero-order valence-corrected chi connectivity index (χ0v) is 13.4. The summed E-state index contributed by atoms with van der Waals surface area (Å²) < 4.78 is 1.09. The van der Waals surface area contributed by atoms with Crippen LogP contribution in [0.5, 0.6) is 0 Å². The molecule has 1 aliphatic carbocycles. The number of hydrogen-bond acceptors (Lipinski definition) is 2. The lowest BCUT2D eigenvalue weighted by Gasteiger charge is -2.26. The van der Waals surface area contributed by atoms with Crippen LogP contribution in [0.25, 0.3) is 0 Å². The second kappa shape index (κ2) is 7.08. The molecule has 3 N–H and O–H groups in total. The highest BCUT2D eigenvalue weighted by molar-refractivity contribution is 14.1. The summed E-state index contributed by atoms with van der Waals surface area (Å²) in [5.41, 5.74) is 4.22. The maximum absolute atomic E-state index is 6.21. The summed E-state index contributed by atoms with van der Waals surface area (Å²) in [6.45, 7) is 0. The van der Waals surface area contributed by atoms with Gasteiger partial charge in [0.25, 0.3) is 0 Å². The van der Waals surface area contributed by atoms with E-state index < -0.39 is 0 Å². The van der Waals surface area contributed by atoms with Crippen molar-refractivity contribution in [3.63, 3.8) is 0 Å². The lowest BCUT2D eigenvalue weighted by atomic mass is 9.87. The molecule has 0 saturated heterocycles. The first-order valence-electron chi connectivity index (χ1n) is 6.63. The number of rotatable bonds is 3. The summed E-state index contributed by atoms with van der Waals surface area (Å²) in [7, 11) is 0. The molecule has 1 aromatic rings. The van der Waals surface area contributed by atoms with Crippen molar-refractivity contribution in [2.24, 2.45) is 11.8 Å². The fourth-order valence-corrected chi connectivity index (χ4v) is 3.38. The van der Waals surface area contributed by atoms with Gasteiger partial charge in [-0.25, -0.2) is 0 Å². The first-order valence-corrected chi connectivity index (χ1v) is 8.09. The summed E-state index contributed by atoms with van der Waals surface area (Å²) in [5, 5.41) is 0.821. The first kappa shape index (κ1) is 14.6. The molecule has 0 aromatic heterocycles. The van der Waals surface area contributed by atoms with E-state index in [1.165, 1.54) is 44.1 Å². The van der Waals surface area contributed by atoms with Crippen molar-refractivity contribution in [3.05, 3.63) is 32.4 Å². The number of halogens is 2. The number of hydrogen-bond donors (Lipinski definition) is 2. The molecule has 2 nitrogen and oxygen atoms in total. The standard InChI is InChI=1S/C14H20ClIN2/c15-12-9-11(7-8-13(12)16)14(18-17)10-5-3-1-2-4-6-10/h7-10,14,18H,1-6,17H2. The van der Waals surface area contributed by atoms with Crippen molar-refractivity contribution in [3.8, 4) is 0 Å². The van der Waals surface area contributed by atoms with Gasteiger partial charge < -0.3 is 0 Å². The van der Waals surface area contributed by atoms with Crippen molar-refractivity contribution in [2.45, 2.75) is 44.6 Å². The number of nitrogens with one attached hydrogen (secondary N) is 1. The molecule has 2 rings (SSSR count). The Morgan fingerprint density at radius 2 is 1.89 bits per heavy atom. The van der Waals surface area contributed by atoms with Crippen LogP contribution < -0.4 is 11.3 Å². The van der Waals surface area contributed by atoms with Crippen molar-refractivity contribution in [1.29, 1.82) is 0 Å². The second-order valence-corrected chi connectivity index (χ2v) is 6.64. The molecule has 4 heteroatoms. The Labute approximate surface area is 128 Å². The Morgan fingerprint density at radius 3 is 2.44 bits per heavy atom. The smallest absolute Gasteiger partial charge is 0.0542 e. The summed E-state index contributed by atoms with van der Waals surface area (Å²) in [6, 6.07) is 6.50. The molecule has 1 aromatic carbocycles. The van der Waals surface area contributed by atoms with Crippen LogP contribution in [-0.2, 0) is 0 Å². The van der Waals surface area contributed by atoms with Crippen molar-refractivity contribution in [2.75, 3.05) is 0 Å². The van der Waals surface area contributed by atoms with Gasteiger partial charge in [0.05, 0.1) is 5.02 Å². The SMILES string of the molecule is NNC(c1ccc(I)c(Cl)c1)C1CCCCCC1. The molecule has 1 saturated carbocycles. The molecule has 0 bridgehead atoms. The summed E-state index contributed by atoms with van der Waals surface area (Å²) in [4.78, 5) is 0. The van der Waals surface area contributed by atoms with Gasteiger partial charge in [0.15, 0.2) is 0 Å². The highest BCUT2D eigenvalue weighted by atomic mass is 127. The molecular weight excluding hydrogens is 359 g/mol. The Morgan fingerprint density at radius 1 is 1.22 bits per heavy atom. The molecule has 0 amide bonds. The predicted octanol–water partition coefficient (Wildman–Crippen LogP) is 4.42. The van der Waals surface area contributed by atoms with Crippen LogP contribution in [0.1, 0.15) is 50.1 Å². The summed E-state index contributed by atoms with van der Waals surface area (Å²) in [6.07, 6.45) is 7.89. The Hall–Kier alpha value is 0.160. The monoisotopic (exact) mass is 378 g/mol. The summed E-state index contributed by atoms with van der Waals surface area (Å²) in [5.74, 6) is 6.41. The number of benzene rings is 1. The average molecular weight is 379 g/mol. The topological polar surface area (TPSA) is 38.0 Å². The quantitative estimate of drug-likeness (QED) is 0.354. The van der Waals surface area contributed by atoms with E-state index in [-0.39, 0.29) is 6.04 Å². The predicted molar refractivity (Wildman–Crippen MR) is 85.4 cm³/mol. The molecule has 1 atom stereocenters. The average Bonchev–Trinajstić information content (AvgIpc) is 2.64. The number of nitrogens with two attached hydrogens (primary N) is 1. The summed E-state index contributed by atoms with van der Waals surface area (Å²) >= 11 is 8.46. The van der Waals surface area contributed by atoms with E-state index in [0.717, 1.165) is 8.59 Å². The molecule has 18 heavy (non-hydrogen) atoms. The zero-order chi connectivity index (χ0) is 13.0. The van der Waals surface area contributed by atoms with Gasteiger partial charge in [-0.2, -0.15) is 0 Å². The van der Waals surface area contributed by atoms with Crippen molar-refractivity contribution < 1.29 is 0 Å². The Kier molecular flexibility index (Phi) is 5.73. The normalized spacial score (nSPS) is 19.5. The van der Waals surface area contributed by atoms with Gasteiger partial charge in [-0.15, -0.1) is 0 Å². The lowest BCUT2D eigenvalue weighted by Crippen LogP contribution is -2.33. The third-order valence-corrected chi connectivity index (χ3v) is 5.43. The third kappa shape index (κ3) is 3.59. The van der Waals surface area contributed by atoms with Gasteiger partial charge >= 0.3 is 0 Å². The highest BCUT2D eigenvalue weighted by Crippen LogP contribution is 2.34. The zero-order valence-electron chi connectivity index (χ0n) is 10.5.